The topological polar surface area (TPSA) is 22.1 Å². The SMILES string of the molecule is COc1nc(C)cc(C)c1C. The molecule has 0 radical (unpaired) electrons. The molecular formula is C9H13NO. The van der Waals surface area contributed by atoms with Crippen LogP contribution in [0.3, 0.4) is 0 Å². The van der Waals surface area contributed by atoms with E-state index >= 15 is 0 Å². The zero-order valence-electron chi connectivity index (χ0n) is 7.43. The first kappa shape index (κ1) is 8.05. The average molecular weight is 151 g/mol. The Morgan fingerprint density at radius 1 is 1.27 bits per heavy atom. The summed E-state index contributed by atoms with van der Waals surface area (Å²) >= 11 is 0. The van der Waals surface area contributed by atoms with Crippen molar-refractivity contribution in [3.05, 3.63) is 22.9 Å². The molecule has 0 N–H and O–H groups in total. The third kappa shape index (κ3) is 1.50. The predicted molar refractivity (Wildman–Crippen MR) is 45.0 cm³/mol. The fraction of sp³-hybridized carbons (Fsp3) is 0.444. The largest absolute Gasteiger partial charge is 0.481 e. The first-order valence-electron chi connectivity index (χ1n) is 3.64. The van der Waals surface area contributed by atoms with Gasteiger partial charge >= 0.3 is 0 Å². The fourth-order valence-electron chi connectivity index (χ4n) is 1.07. The quantitative estimate of drug-likeness (QED) is 0.612. The Labute approximate surface area is 67.2 Å². The minimum Gasteiger partial charge on any atom is -0.481 e. The fourth-order valence-corrected chi connectivity index (χ4v) is 1.07. The molecule has 0 aliphatic rings. The van der Waals surface area contributed by atoms with Gasteiger partial charge in [0.25, 0.3) is 0 Å². The van der Waals surface area contributed by atoms with E-state index in [2.05, 4.69) is 18.0 Å². The van der Waals surface area contributed by atoms with Gasteiger partial charge in [0.15, 0.2) is 0 Å². The molecule has 2 nitrogen and oxygen atoms in total. The van der Waals surface area contributed by atoms with Crippen molar-refractivity contribution >= 4 is 0 Å². The van der Waals surface area contributed by atoms with Crippen molar-refractivity contribution in [1.29, 1.82) is 0 Å². The Kier molecular flexibility index (Phi) is 2.13. The van der Waals surface area contributed by atoms with E-state index in [4.69, 9.17) is 4.74 Å². The number of nitrogens with zero attached hydrogens (tertiary/aromatic N) is 1. The maximum Gasteiger partial charge on any atom is 0.216 e. The second-order valence-electron chi connectivity index (χ2n) is 2.71. The summed E-state index contributed by atoms with van der Waals surface area (Å²) in [6.45, 7) is 6.04. The van der Waals surface area contributed by atoms with Gasteiger partial charge in [-0.2, -0.15) is 0 Å². The molecule has 0 bridgehead atoms. The Bertz CT molecular complexity index is 269. The smallest absolute Gasteiger partial charge is 0.216 e. The number of rotatable bonds is 1. The number of hydrogen-bond donors (Lipinski definition) is 0. The van der Waals surface area contributed by atoms with Gasteiger partial charge in [0.05, 0.1) is 7.11 Å². The summed E-state index contributed by atoms with van der Waals surface area (Å²) in [6, 6.07) is 2.05. The predicted octanol–water partition coefficient (Wildman–Crippen LogP) is 2.02. The van der Waals surface area contributed by atoms with Crippen LogP contribution in [0.2, 0.25) is 0 Å². The molecule has 0 saturated carbocycles. The molecule has 0 aliphatic carbocycles. The number of pyridine rings is 1. The molecule has 1 aromatic rings. The molecule has 11 heavy (non-hydrogen) atoms. The van der Waals surface area contributed by atoms with Crippen molar-refractivity contribution < 1.29 is 4.74 Å². The highest BCUT2D eigenvalue weighted by Crippen LogP contribution is 2.18. The molecule has 1 aromatic heterocycles. The summed E-state index contributed by atoms with van der Waals surface area (Å²) in [5.74, 6) is 0.738. The molecule has 1 heterocycles. The van der Waals surface area contributed by atoms with Crippen LogP contribution in [0.4, 0.5) is 0 Å². The summed E-state index contributed by atoms with van der Waals surface area (Å²) in [4.78, 5) is 4.23. The lowest BCUT2D eigenvalue weighted by atomic mass is 10.1. The molecule has 1 rings (SSSR count). The van der Waals surface area contributed by atoms with Gasteiger partial charge in [0.2, 0.25) is 5.88 Å². The third-order valence-electron chi connectivity index (χ3n) is 1.81. The van der Waals surface area contributed by atoms with Crippen LogP contribution in [0.1, 0.15) is 16.8 Å². The molecule has 0 amide bonds. The van der Waals surface area contributed by atoms with Crippen LogP contribution in [0, 0.1) is 20.8 Å². The van der Waals surface area contributed by atoms with Crippen molar-refractivity contribution in [1.82, 2.24) is 4.98 Å². The summed E-state index contributed by atoms with van der Waals surface area (Å²) in [6.07, 6.45) is 0. The molecule has 0 atom stereocenters. The highest BCUT2D eigenvalue weighted by Gasteiger charge is 2.02. The minimum absolute atomic E-state index is 0.738. The van der Waals surface area contributed by atoms with E-state index in [1.165, 1.54) is 5.56 Å². The first-order chi connectivity index (χ1) is 5.15. The summed E-state index contributed by atoms with van der Waals surface area (Å²) in [7, 11) is 1.65. The van der Waals surface area contributed by atoms with Gasteiger partial charge in [-0.15, -0.1) is 0 Å². The van der Waals surface area contributed by atoms with Crippen LogP contribution in [-0.2, 0) is 0 Å². The average Bonchev–Trinajstić information content (AvgIpc) is 1.96. The van der Waals surface area contributed by atoms with Crippen molar-refractivity contribution in [3.8, 4) is 5.88 Å². The lowest BCUT2D eigenvalue weighted by Crippen LogP contribution is -1.95. The second kappa shape index (κ2) is 2.91. The third-order valence-corrected chi connectivity index (χ3v) is 1.81. The van der Waals surface area contributed by atoms with Crippen molar-refractivity contribution in [2.24, 2.45) is 0 Å². The number of hydrogen-bond acceptors (Lipinski definition) is 2. The van der Waals surface area contributed by atoms with E-state index in [0.29, 0.717) is 0 Å². The van der Waals surface area contributed by atoms with Crippen LogP contribution in [-0.4, -0.2) is 12.1 Å². The van der Waals surface area contributed by atoms with E-state index in [1.54, 1.807) is 7.11 Å². The van der Waals surface area contributed by atoms with E-state index in [9.17, 15) is 0 Å². The Hall–Kier alpha value is -1.05. The molecule has 2 heteroatoms. The molecule has 0 aromatic carbocycles. The lowest BCUT2D eigenvalue weighted by Gasteiger charge is -2.06. The Balaban J connectivity index is 3.24. The van der Waals surface area contributed by atoms with Gasteiger partial charge in [-0.1, -0.05) is 0 Å². The zero-order chi connectivity index (χ0) is 8.43. The van der Waals surface area contributed by atoms with Gasteiger partial charge in [-0.25, -0.2) is 4.98 Å². The maximum absolute atomic E-state index is 5.10. The number of aromatic nitrogens is 1. The van der Waals surface area contributed by atoms with Crippen LogP contribution in [0.5, 0.6) is 5.88 Å². The summed E-state index contributed by atoms with van der Waals surface area (Å²) in [5.41, 5.74) is 3.36. The minimum atomic E-state index is 0.738. The van der Waals surface area contributed by atoms with Crippen LogP contribution >= 0.6 is 0 Å². The molecule has 0 fully saturated rings. The number of aryl methyl sites for hydroxylation is 2. The maximum atomic E-state index is 5.10. The van der Waals surface area contributed by atoms with E-state index in [0.717, 1.165) is 17.1 Å². The highest BCUT2D eigenvalue weighted by molar-refractivity contribution is 5.34. The monoisotopic (exact) mass is 151 g/mol. The van der Waals surface area contributed by atoms with Gasteiger partial charge in [0.1, 0.15) is 0 Å². The van der Waals surface area contributed by atoms with Gasteiger partial charge < -0.3 is 4.74 Å². The van der Waals surface area contributed by atoms with E-state index < -0.39 is 0 Å². The number of ether oxygens (including phenoxy) is 1. The standard InChI is InChI=1S/C9H13NO/c1-6-5-7(2)10-9(11-4)8(6)3/h5H,1-4H3. The summed E-state index contributed by atoms with van der Waals surface area (Å²) in [5, 5.41) is 0. The second-order valence-corrected chi connectivity index (χ2v) is 2.71. The molecule has 0 saturated heterocycles. The highest BCUT2D eigenvalue weighted by atomic mass is 16.5. The van der Waals surface area contributed by atoms with Crippen molar-refractivity contribution in [2.75, 3.05) is 7.11 Å². The molecule has 60 valence electrons. The van der Waals surface area contributed by atoms with E-state index in [1.807, 2.05) is 13.8 Å². The van der Waals surface area contributed by atoms with Crippen LogP contribution < -0.4 is 4.74 Å². The van der Waals surface area contributed by atoms with Crippen LogP contribution in [0.15, 0.2) is 6.07 Å². The zero-order valence-corrected chi connectivity index (χ0v) is 7.43. The number of methoxy groups -OCH3 is 1. The van der Waals surface area contributed by atoms with Gasteiger partial charge in [-0.05, 0) is 32.4 Å². The molecule has 0 unspecified atom stereocenters. The molecular weight excluding hydrogens is 138 g/mol. The first-order valence-corrected chi connectivity index (χ1v) is 3.64. The van der Waals surface area contributed by atoms with E-state index in [-0.39, 0.29) is 0 Å². The van der Waals surface area contributed by atoms with Crippen molar-refractivity contribution in [3.63, 3.8) is 0 Å². The molecule has 0 aliphatic heterocycles. The summed E-state index contributed by atoms with van der Waals surface area (Å²) < 4.78 is 5.10. The van der Waals surface area contributed by atoms with Crippen LogP contribution in [0.25, 0.3) is 0 Å². The van der Waals surface area contributed by atoms with Gasteiger partial charge in [-0.3, -0.25) is 0 Å². The molecule has 0 spiro atoms. The Morgan fingerprint density at radius 2 is 1.91 bits per heavy atom. The van der Waals surface area contributed by atoms with Crippen molar-refractivity contribution in [2.45, 2.75) is 20.8 Å². The normalized spacial score (nSPS) is 9.82. The van der Waals surface area contributed by atoms with Gasteiger partial charge in [0, 0.05) is 11.3 Å². The Morgan fingerprint density at radius 3 is 2.45 bits per heavy atom. The lowest BCUT2D eigenvalue weighted by molar-refractivity contribution is 0.393.